The Bertz CT molecular complexity index is 796. The van der Waals surface area contributed by atoms with E-state index in [1.165, 1.54) is 0 Å². The van der Waals surface area contributed by atoms with Crippen molar-refractivity contribution in [2.45, 2.75) is 6.17 Å². The van der Waals surface area contributed by atoms with Crippen LogP contribution in [0.4, 0.5) is 5.69 Å². The van der Waals surface area contributed by atoms with E-state index in [9.17, 15) is 10.1 Å². The zero-order valence-electron chi connectivity index (χ0n) is 12.5. The molecule has 1 aliphatic rings. The maximum atomic E-state index is 12.5. The average molecular weight is 321 g/mol. The normalized spacial score (nSPS) is 18.1. The lowest BCUT2D eigenvalue weighted by molar-refractivity contribution is -0.128. The van der Waals surface area contributed by atoms with Crippen LogP contribution in [0.1, 0.15) is 11.7 Å². The third-order valence-electron chi connectivity index (χ3n) is 3.84. The minimum atomic E-state index is -0.351. The summed E-state index contributed by atoms with van der Waals surface area (Å²) in [5, 5.41) is 9.71. The number of amides is 1. The lowest BCUT2D eigenvalue weighted by Crippen LogP contribution is -2.47. The number of hydrogen-bond acceptors (Lipinski definition) is 4. The van der Waals surface area contributed by atoms with Gasteiger partial charge in [0.15, 0.2) is 0 Å². The van der Waals surface area contributed by atoms with Gasteiger partial charge < -0.3 is 9.80 Å². The van der Waals surface area contributed by atoms with Gasteiger partial charge in [-0.15, -0.1) is 12.6 Å². The number of nitriles is 1. The highest BCUT2D eigenvalue weighted by Gasteiger charge is 2.38. The zero-order valence-corrected chi connectivity index (χ0v) is 13.4. The molecule has 5 heteroatoms. The Balaban J connectivity index is 2.22. The fourth-order valence-electron chi connectivity index (χ4n) is 2.74. The smallest absolute Gasteiger partial charge is 0.268 e. The number of carbonyl (C=O) groups excluding carboxylic acids is 1. The van der Waals surface area contributed by atoms with Gasteiger partial charge in [-0.2, -0.15) is 5.26 Å². The molecule has 0 bridgehead atoms. The molecule has 0 aromatic heterocycles. The van der Waals surface area contributed by atoms with Crippen LogP contribution in [0.3, 0.4) is 0 Å². The first-order valence-electron chi connectivity index (χ1n) is 7.15. The second-order valence-corrected chi connectivity index (χ2v) is 5.64. The molecule has 3 rings (SSSR count). The van der Waals surface area contributed by atoms with E-state index in [-0.39, 0.29) is 17.6 Å². The Morgan fingerprint density at radius 2 is 1.61 bits per heavy atom. The highest BCUT2D eigenvalue weighted by atomic mass is 32.1. The van der Waals surface area contributed by atoms with Crippen LogP contribution in [0, 0.1) is 11.3 Å². The van der Waals surface area contributed by atoms with E-state index in [1.807, 2.05) is 71.6 Å². The van der Waals surface area contributed by atoms with Gasteiger partial charge in [-0.05, 0) is 17.7 Å². The van der Waals surface area contributed by atoms with Crippen molar-refractivity contribution in [1.29, 1.82) is 5.26 Å². The SMILES string of the molecule is CN1C(=O)C(C#N)=C(S)N(c2ccccc2)[C@@H]1c1ccccc1. The van der Waals surface area contributed by atoms with Crippen molar-refractivity contribution >= 4 is 24.2 Å². The lowest BCUT2D eigenvalue weighted by Gasteiger charge is -2.43. The predicted molar refractivity (Wildman–Crippen MR) is 92.5 cm³/mol. The topological polar surface area (TPSA) is 47.3 Å². The highest BCUT2D eigenvalue weighted by Crippen LogP contribution is 2.39. The van der Waals surface area contributed by atoms with E-state index >= 15 is 0 Å². The van der Waals surface area contributed by atoms with Gasteiger partial charge in [0.1, 0.15) is 17.8 Å². The quantitative estimate of drug-likeness (QED) is 0.863. The molecular weight excluding hydrogens is 306 g/mol. The van der Waals surface area contributed by atoms with Gasteiger partial charge in [-0.1, -0.05) is 48.5 Å². The zero-order chi connectivity index (χ0) is 16.4. The van der Waals surface area contributed by atoms with Gasteiger partial charge in [-0.3, -0.25) is 4.79 Å². The molecule has 0 spiro atoms. The van der Waals surface area contributed by atoms with Crippen LogP contribution in [0.2, 0.25) is 0 Å². The number of benzene rings is 2. The van der Waals surface area contributed by atoms with E-state index in [0.717, 1.165) is 11.3 Å². The second kappa shape index (κ2) is 6.19. The number of nitrogens with zero attached hydrogens (tertiary/aromatic N) is 3. The minimum Gasteiger partial charge on any atom is -0.316 e. The number of hydrogen-bond donors (Lipinski definition) is 1. The minimum absolute atomic E-state index is 0.0480. The van der Waals surface area contributed by atoms with Crippen LogP contribution < -0.4 is 4.90 Å². The Morgan fingerprint density at radius 3 is 2.17 bits per heavy atom. The average Bonchev–Trinajstić information content (AvgIpc) is 2.60. The number of carbonyl (C=O) groups is 1. The molecule has 4 nitrogen and oxygen atoms in total. The Hall–Kier alpha value is -2.71. The summed E-state index contributed by atoms with van der Waals surface area (Å²) in [5.74, 6) is -0.321. The summed E-state index contributed by atoms with van der Waals surface area (Å²) in [4.78, 5) is 16.0. The fourth-order valence-corrected chi connectivity index (χ4v) is 3.11. The largest absolute Gasteiger partial charge is 0.316 e. The van der Waals surface area contributed by atoms with Crippen molar-refractivity contribution in [3.8, 4) is 6.07 Å². The summed E-state index contributed by atoms with van der Waals surface area (Å²) in [7, 11) is 1.70. The molecule has 1 amide bonds. The molecule has 0 saturated carbocycles. The van der Waals surface area contributed by atoms with Crippen LogP contribution in [0.15, 0.2) is 71.3 Å². The molecule has 0 N–H and O–H groups in total. The third kappa shape index (κ3) is 2.58. The van der Waals surface area contributed by atoms with Crippen molar-refractivity contribution in [1.82, 2.24) is 4.90 Å². The van der Waals surface area contributed by atoms with Crippen LogP contribution in [-0.4, -0.2) is 17.9 Å². The second-order valence-electron chi connectivity index (χ2n) is 5.22. The van der Waals surface area contributed by atoms with Crippen LogP contribution in [0.5, 0.6) is 0 Å². The Kier molecular flexibility index (Phi) is 4.09. The van der Waals surface area contributed by atoms with E-state index in [4.69, 9.17) is 0 Å². The number of para-hydroxylation sites is 1. The summed E-state index contributed by atoms with van der Waals surface area (Å²) in [6, 6.07) is 21.3. The van der Waals surface area contributed by atoms with Gasteiger partial charge in [0.2, 0.25) is 0 Å². The van der Waals surface area contributed by atoms with Crippen molar-refractivity contribution in [3.05, 3.63) is 76.8 Å². The Morgan fingerprint density at radius 1 is 1.04 bits per heavy atom. The standard InChI is InChI=1S/C18H15N3OS/c1-20-16(13-8-4-2-5-9-13)21(14-10-6-3-7-11-14)18(23)15(12-19)17(20)22/h2-11,16,23H,1H3/t16-/m1/s1. The molecule has 1 atom stereocenters. The summed E-state index contributed by atoms with van der Waals surface area (Å²) in [6.07, 6.45) is -0.351. The van der Waals surface area contributed by atoms with Crippen LogP contribution in [0.25, 0.3) is 0 Å². The monoisotopic (exact) mass is 321 g/mol. The molecule has 0 aliphatic carbocycles. The van der Waals surface area contributed by atoms with E-state index in [1.54, 1.807) is 11.9 Å². The van der Waals surface area contributed by atoms with Crippen LogP contribution in [-0.2, 0) is 4.79 Å². The van der Waals surface area contributed by atoms with Crippen molar-refractivity contribution < 1.29 is 4.79 Å². The Labute approximate surface area is 140 Å². The molecule has 0 unspecified atom stereocenters. The predicted octanol–water partition coefficient (Wildman–Crippen LogP) is 3.33. The third-order valence-corrected chi connectivity index (χ3v) is 4.28. The molecule has 0 saturated heterocycles. The molecular formula is C18H15N3OS. The number of likely N-dealkylation sites (N-methyl/N-ethyl adjacent to an activating group) is 1. The summed E-state index contributed by atoms with van der Waals surface area (Å²) >= 11 is 4.49. The maximum absolute atomic E-state index is 12.5. The molecule has 2 aromatic carbocycles. The number of thiol groups is 1. The summed E-state index contributed by atoms with van der Waals surface area (Å²) < 4.78 is 0. The van der Waals surface area contributed by atoms with Gasteiger partial charge in [-0.25, -0.2) is 0 Å². The summed E-state index contributed by atoms with van der Waals surface area (Å²) in [6.45, 7) is 0. The fraction of sp³-hybridized carbons (Fsp3) is 0.111. The first kappa shape index (κ1) is 15.2. The van der Waals surface area contributed by atoms with E-state index in [0.29, 0.717) is 5.03 Å². The van der Waals surface area contributed by atoms with Gasteiger partial charge in [0.05, 0.1) is 5.03 Å². The molecule has 114 valence electrons. The number of rotatable bonds is 2. The van der Waals surface area contributed by atoms with Crippen molar-refractivity contribution in [2.75, 3.05) is 11.9 Å². The van der Waals surface area contributed by atoms with E-state index < -0.39 is 0 Å². The summed E-state index contributed by atoms with van der Waals surface area (Å²) in [5.41, 5.74) is 1.88. The van der Waals surface area contributed by atoms with Crippen LogP contribution >= 0.6 is 12.6 Å². The first-order valence-corrected chi connectivity index (χ1v) is 7.59. The van der Waals surface area contributed by atoms with Crippen molar-refractivity contribution in [3.63, 3.8) is 0 Å². The molecule has 2 aromatic rings. The maximum Gasteiger partial charge on any atom is 0.268 e. The molecule has 0 radical (unpaired) electrons. The van der Waals surface area contributed by atoms with Crippen molar-refractivity contribution in [2.24, 2.45) is 0 Å². The van der Waals surface area contributed by atoms with E-state index in [2.05, 4.69) is 12.6 Å². The molecule has 0 fully saturated rings. The lowest BCUT2D eigenvalue weighted by atomic mass is 10.1. The highest BCUT2D eigenvalue weighted by molar-refractivity contribution is 7.84. The molecule has 23 heavy (non-hydrogen) atoms. The molecule has 1 heterocycles. The first-order chi connectivity index (χ1) is 11.1. The molecule has 1 aliphatic heterocycles. The van der Waals surface area contributed by atoms with Gasteiger partial charge in [0, 0.05) is 12.7 Å². The van der Waals surface area contributed by atoms with Gasteiger partial charge >= 0.3 is 0 Å². The van der Waals surface area contributed by atoms with Gasteiger partial charge in [0.25, 0.3) is 5.91 Å². The number of anilines is 1.